The number of thiophene rings is 1. The van der Waals surface area contributed by atoms with Gasteiger partial charge in [-0.3, -0.25) is 0 Å². The Morgan fingerprint density at radius 2 is 2.17 bits per heavy atom. The molecule has 0 radical (unpaired) electrons. The number of methoxy groups -OCH3 is 1. The zero-order valence-electron chi connectivity index (χ0n) is 11.4. The number of esters is 1. The van der Waals surface area contributed by atoms with Crippen LogP contribution in [0.3, 0.4) is 0 Å². The Labute approximate surface area is 112 Å². The van der Waals surface area contributed by atoms with Crippen LogP contribution >= 0.6 is 11.3 Å². The molecular weight excluding hydrogens is 248 g/mol. The van der Waals surface area contributed by atoms with Gasteiger partial charge in [0.25, 0.3) is 0 Å². The first-order valence-corrected chi connectivity index (χ1v) is 7.22. The molecule has 4 heteroatoms. The molecule has 100 valence electrons. The minimum absolute atomic E-state index is 0.0766. The van der Waals surface area contributed by atoms with Crippen LogP contribution in [0, 0.1) is 0 Å². The molecule has 1 aromatic heterocycles. The molecule has 3 nitrogen and oxygen atoms in total. The van der Waals surface area contributed by atoms with Gasteiger partial charge in [-0.25, -0.2) is 4.79 Å². The zero-order valence-corrected chi connectivity index (χ0v) is 12.2. The summed E-state index contributed by atoms with van der Waals surface area (Å²) in [6.45, 7) is 5.94. The summed E-state index contributed by atoms with van der Waals surface area (Å²) in [5.74, 6) is 0.295. The lowest BCUT2D eigenvalue weighted by Gasteiger charge is -2.25. The highest BCUT2D eigenvalue weighted by molar-refractivity contribution is 7.14. The molecule has 0 bridgehead atoms. The molecule has 0 saturated carbocycles. The molecule has 0 amide bonds. The van der Waals surface area contributed by atoms with Crippen LogP contribution < -0.4 is 0 Å². The zero-order chi connectivity index (χ0) is 13.3. The predicted octanol–water partition coefficient (Wildman–Crippen LogP) is 3.90. The number of carbonyl (C=O) groups is 1. The average Bonchev–Trinajstić information content (AvgIpc) is 2.74. The number of ether oxygens (including phenoxy) is 2. The summed E-state index contributed by atoms with van der Waals surface area (Å²) in [6.07, 6.45) is 2.20. The summed E-state index contributed by atoms with van der Waals surface area (Å²) in [6, 6.07) is 1.95. The van der Waals surface area contributed by atoms with E-state index in [1.165, 1.54) is 10.4 Å². The average molecular weight is 268 g/mol. The molecule has 1 aliphatic carbocycles. The summed E-state index contributed by atoms with van der Waals surface area (Å²) >= 11 is 1.56. The highest BCUT2D eigenvalue weighted by Crippen LogP contribution is 2.43. The third-order valence-electron chi connectivity index (χ3n) is 3.28. The Bertz CT molecular complexity index is 436. The Morgan fingerprint density at radius 1 is 1.44 bits per heavy atom. The van der Waals surface area contributed by atoms with Crippen molar-refractivity contribution in [2.45, 2.75) is 51.7 Å². The van der Waals surface area contributed by atoms with Gasteiger partial charge in [0.05, 0.1) is 12.2 Å². The molecule has 0 fully saturated rings. The molecule has 18 heavy (non-hydrogen) atoms. The van der Waals surface area contributed by atoms with E-state index in [1.807, 2.05) is 19.9 Å². The predicted molar refractivity (Wildman–Crippen MR) is 72.3 cm³/mol. The van der Waals surface area contributed by atoms with Crippen molar-refractivity contribution < 1.29 is 14.3 Å². The van der Waals surface area contributed by atoms with Crippen molar-refractivity contribution in [1.29, 1.82) is 0 Å². The second kappa shape index (κ2) is 5.41. The quantitative estimate of drug-likeness (QED) is 0.780. The van der Waals surface area contributed by atoms with E-state index >= 15 is 0 Å². The number of hydrogen-bond donors (Lipinski definition) is 0. The monoisotopic (exact) mass is 268 g/mol. The molecule has 0 aromatic carbocycles. The maximum atomic E-state index is 11.9. The molecule has 2 atom stereocenters. The van der Waals surface area contributed by atoms with Crippen molar-refractivity contribution in [3.8, 4) is 0 Å². The van der Waals surface area contributed by atoms with Crippen molar-refractivity contribution >= 4 is 17.3 Å². The van der Waals surface area contributed by atoms with Crippen molar-refractivity contribution in [3.63, 3.8) is 0 Å². The number of fused-ring (bicyclic) bond motifs is 1. The van der Waals surface area contributed by atoms with Gasteiger partial charge in [0.15, 0.2) is 0 Å². The minimum atomic E-state index is -0.216. The maximum Gasteiger partial charge on any atom is 0.348 e. The summed E-state index contributed by atoms with van der Waals surface area (Å²) in [5.41, 5.74) is 1.18. The van der Waals surface area contributed by atoms with Crippen LogP contribution in [0.2, 0.25) is 0 Å². The smallest absolute Gasteiger partial charge is 0.348 e. The van der Waals surface area contributed by atoms with Gasteiger partial charge in [0, 0.05) is 12.0 Å². The number of rotatable bonds is 3. The van der Waals surface area contributed by atoms with Gasteiger partial charge in [-0.05, 0) is 44.2 Å². The fourth-order valence-corrected chi connectivity index (χ4v) is 3.54. The van der Waals surface area contributed by atoms with E-state index < -0.39 is 0 Å². The van der Waals surface area contributed by atoms with Crippen LogP contribution in [0.25, 0.3) is 0 Å². The van der Waals surface area contributed by atoms with E-state index in [9.17, 15) is 4.79 Å². The van der Waals surface area contributed by atoms with Gasteiger partial charge < -0.3 is 9.47 Å². The summed E-state index contributed by atoms with van der Waals surface area (Å²) in [4.78, 5) is 13.9. The molecule has 0 N–H and O–H groups in total. The molecule has 0 saturated heterocycles. The summed E-state index contributed by atoms with van der Waals surface area (Å²) in [7, 11) is 1.73. The van der Waals surface area contributed by atoms with Gasteiger partial charge in [-0.1, -0.05) is 6.92 Å². The minimum Gasteiger partial charge on any atom is -0.459 e. The largest absolute Gasteiger partial charge is 0.459 e. The van der Waals surface area contributed by atoms with Crippen molar-refractivity contribution in [3.05, 3.63) is 21.4 Å². The van der Waals surface area contributed by atoms with Crippen LogP contribution in [0.5, 0.6) is 0 Å². The second-order valence-electron chi connectivity index (χ2n) is 5.09. The number of hydrogen-bond acceptors (Lipinski definition) is 4. The molecule has 2 rings (SSSR count). The highest BCUT2D eigenvalue weighted by atomic mass is 32.1. The SMILES string of the molecule is COC1CCC(C)c2sc(C(=O)OC(C)C)cc21. The van der Waals surface area contributed by atoms with Crippen LogP contribution in [0.15, 0.2) is 6.07 Å². The fourth-order valence-electron chi connectivity index (χ4n) is 2.36. The van der Waals surface area contributed by atoms with Crippen LogP contribution in [-0.2, 0) is 9.47 Å². The topological polar surface area (TPSA) is 35.5 Å². The van der Waals surface area contributed by atoms with Gasteiger partial charge in [-0.15, -0.1) is 11.3 Å². The standard InChI is InChI=1S/C14H20O3S/c1-8(2)17-14(15)12-7-10-11(16-4)6-5-9(3)13(10)18-12/h7-9,11H,5-6H2,1-4H3. The first kappa shape index (κ1) is 13.6. The van der Waals surface area contributed by atoms with Gasteiger partial charge in [0.1, 0.15) is 4.88 Å². The van der Waals surface area contributed by atoms with Crippen molar-refractivity contribution in [2.75, 3.05) is 7.11 Å². The van der Waals surface area contributed by atoms with E-state index in [4.69, 9.17) is 9.47 Å². The maximum absolute atomic E-state index is 11.9. The molecule has 1 aromatic rings. The lowest BCUT2D eigenvalue weighted by Crippen LogP contribution is -2.11. The summed E-state index contributed by atoms with van der Waals surface area (Å²) in [5, 5.41) is 0. The van der Waals surface area contributed by atoms with Gasteiger partial charge in [0.2, 0.25) is 0 Å². The lowest BCUT2D eigenvalue weighted by molar-refractivity contribution is 0.0383. The van der Waals surface area contributed by atoms with E-state index in [-0.39, 0.29) is 18.2 Å². The third kappa shape index (κ3) is 2.59. The van der Waals surface area contributed by atoms with E-state index in [0.717, 1.165) is 12.8 Å². The second-order valence-corrected chi connectivity index (χ2v) is 6.17. The molecule has 1 heterocycles. The van der Waals surface area contributed by atoms with Crippen LogP contribution in [-0.4, -0.2) is 19.2 Å². The van der Waals surface area contributed by atoms with E-state index in [2.05, 4.69) is 6.92 Å². The molecule has 1 aliphatic rings. The normalized spacial score (nSPS) is 22.9. The Kier molecular flexibility index (Phi) is 4.07. The Balaban J connectivity index is 2.28. The highest BCUT2D eigenvalue weighted by Gasteiger charge is 2.29. The van der Waals surface area contributed by atoms with Gasteiger partial charge >= 0.3 is 5.97 Å². The van der Waals surface area contributed by atoms with Crippen molar-refractivity contribution in [1.82, 2.24) is 0 Å². The molecule has 0 spiro atoms. The molecule has 2 unspecified atom stereocenters. The molecular formula is C14H20O3S. The lowest BCUT2D eigenvalue weighted by atomic mass is 9.88. The fraction of sp³-hybridized carbons (Fsp3) is 0.643. The summed E-state index contributed by atoms with van der Waals surface area (Å²) < 4.78 is 10.7. The number of carbonyl (C=O) groups excluding carboxylic acids is 1. The van der Waals surface area contributed by atoms with E-state index in [1.54, 1.807) is 18.4 Å². The van der Waals surface area contributed by atoms with Crippen LogP contribution in [0.1, 0.15) is 65.7 Å². The molecule has 0 aliphatic heterocycles. The Morgan fingerprint density at radius 3 is 2.78 bits per heavy atom. The van der Waals surface area contributed by atoms with Crippen LogP contribution in [0.4, 0.5) is 0 Å². The van der Waals surface area contributed by atoms with Gasteiger partial charge in [-0.2, -0.15) is 0 Å². The van der Waals surface area contributed by atoms with Crippen molar-refractivity contribution in [2.24, 2.45) is 0 Å². The Hall–Kier alpha value is -0.870. The first-order chi connectivity index (χ1) is 8.52. The first-order valence-electron chi connectivity index (χ1n) is 6.40. The third-order valence-corrected chi connectivity index (χ3v) is 4.64. The van der Waals surface area contributed by atoms with E-state index in [0.29, 0.717) is 10.8 Å².